The number of ether oxygens (including phenoxy) is 1. The molecule has 21 heavy (non-hydrogen) atoms. The molecule has 0 aliphatic heterocycles. The third kappa shape index (κ3) is 1.76. The first-order valence-electron chi connectivity index (χ1n) is 6.73. The van der Waals surface area contributed by atoms with Gasteiger partial charge < -0.3 is 4.74 Å². The molecule has 4 aromatic rings. The highest BCUT2D eigenvalue weighted by Gasteiger charge is 2.11. The third-order valence-corrected chi connectivity index (χ3v) is 3.65. The van der Waals surface area contributed by atoms with E-state index in [2.05, 4.69) is 28.3 Å². The van der Waals surface area contributed by atoms with Crippen molar-refractivity contribution >= 4 is 16.4 Å². The van der Waals surface area contributed by atoms with Gasteiger partial charge in [0, 0.05) is 17.1 Å². The molecule has 4 nitrogen and oxygen atoms in total. The van der Waals surface area contributed by atoms with Gasteiger partial charge in [-0.1, -0.05) is 12.1 Å². The Hall–Kier alpha value is -2.88. The Morgan fingerprint density at radius 2 is 1.90 bits per heavy atom. The molecule has 0 bridgehead atoms. The summed E-state index contributed by atoms with van der Waals surface area (Å²) in [7, 11) is 1.66. The van der Waals surface area contributed by atoms with Crippen LogP contribution in [0.1, 0.15) is 0 Å². The van der Waals surface area contributed by atoms with E-state index in [0.29, 0.717) is 0 Å². The zero-order valence-corrected chi connectivity index (χ0v) is 11.5. The average Bonchev–Trinajstić information content (AvgIpc) is 3.02. The largest absolute Gasteiger partial charge is 0.494 e. The van der Waals surface area contributed by atoms with Crippen LogP contribution in [0.5, 0.6) is 5.75 Å². The topological polar surface area (TPSA) is 39.4 Å². The second-order valence-electron chi connectivity index (χ2n) is 4.79. The predicted molar refractivity (Wildman–Crippen MR) is 82.5 cm³/mol. The molecule has 0 unspecified atom stereocenters. The van der Waals surface area contributed by atoms with Crippen LogP contribution in [0.25, 0.3) is 27.7 Å². The van der Waals surface area contributed by atoms with E-state index in [1.165, 1.54) is 0 Å². The molecule has 0 aliphatic rings. The van der Waals surface area contributed by atoms with Crippen molar-refractivity contribution in [3.8, 4) is 17.0 Å². The smallest absolute Gasteiger partial charge is 0.145 e. The van der Waals surface area contributed by atoms with Crippen LogP contribution in [-0.4, -0.2) is 21.7 Å². The highest BCUT2D eigenvalue weighted by Crippen LogP contribution is 2.33. The van der Waals surface area contributed by atoms with Gasteiger partial charge in [0.1, 0.15) is 11.3 Å². The van der Waals surface area contributed by atoms with Crippen molar-refractivity contribution in [2.45, 2.75) is 0 Å². The Labute approximate surface area is 121 Å². The highest BCUT2D eigenvalue weighted by molar-refractivity contribution is 5.97. The van der Waals surface area contributed by atoms with Gasteiger partial charge >= 0.3 is 0 Å². The zero-order valence-electron chi connectivity index (χ0n) is 11.5. The molecule has 102 valence electrons. The van der Waals surface area contributed by atoms with Crippen LogP contribution in [0.15, 0.2) is 60.9 Å². The molecular formula is C17H13N3O. The van der Waals surface area contributed by atoms with E-state index in [9.17, 15) is 0 Å². The molecular weight excluding hydrogens is 262 g/mol. The van der Waals surface area contributed by atoms with E-state index in [0.717, 1.165) is 33.4 Å². The summed E-state index contributed by atoms with van der Waals surface area (Å²) >= 11 is 0. The SMILES string of the molecule is COc1ccc(-c2cccc3ccnn23)c2cccnc12. The Balaban J connectivity index is 2.10. The molecule has 0 fully saturated rings. The van der Waals surface area contributed by atoms with E-state index in [-0.39, 0.29) is 0 Å². The van der Waals surface area contributed by atoms with E-state index >= 15 is 0 Å². The van der Waals surface area contributed by atoms with Gasteiger partial charge in [-0.05, 0) is 36.4 Å². The minimum atomic E-state index is 0.780. The third-order valence-electron chi connectivity index (χ3n) is 3.65. The number of nitrogens with zero attached hydrogens (tertiary/aromatic N) is 3. The fourth-order valence-corrected chi connectivity index (χ4v) is 2.69. The molecule has 0 saturated heterocycles. The number of pyridine rings is 2. The number of methoxy groups -OCH3 is 1. The van der Waals surface area contributed by atoms with Gasteiger partial charge in [-0.25, -0.2) is 4.52 Å². The standard InChI is InChI=1S/C17H13N3O/c1-21-16-8-7-13(14-5-3-10-18-17(14)16)15-6-2-4-12-9-11-19-20(12)15/h2-11H,1H3. The van der Waals surface area contributed by atoms with Crippen molar-refractivity contribution in [3.05, 3.63) is 60.9 Å². The van der Waals surface area contributed by atoms with Gasteiger partial charge in [-0.15, -0.1) is 0 Å². The van der Waals surface area contributed by atoms with Gasteiger partial charge in [0.25, 0.3) is 0 Å². The van der Waals surface area contributed by atoms with Crippen LogP contribution in [0.2, 0.25) is 0 Å². The minimum Gasteiger partial charge on any atom is -0.494 e. The molecule has 0 atom stereocenters. The van der Waals surface area contributed by atoms with Gasteiger partial charge in [-0.3, -0.25) is 4.98 Å². The quantitative estimate of drug-likeness (QED) is 0.561. The predicted octanol–water partition coefficient (Wildman–Crippen LogP) is 3.56. The molecule has 3 aromatic heterocycles. The monoisotopic (exact) mass is 275 g/mol. The van der Waals surface area contributed by atoms with Crippen molar-refractivity contribution in [2.75, 3.05) is 7.11 Å². The van der Waals surface area contributed by atoms with E-state index < -0.39 is 0 Å². The molecule has 0 saturated carbocycles. The summed E-state index contributed by atoms with van der Waals surface area (Å²) < 4.78 is 7.34. The Morgan fingerprint density at radius 1 is 0.952 bits per heavy atom. The number of aromatic nitrogens is 3. The van der Waals surface area contributed by atoms with E-state index in [1.807, 2.05) is 41.0 Å². The fraction of sp³-hybridized carbons (Fsp3) is 0.0588. The number of hydrogen-bond acceptors (Lipinski definition) is 3. The first-order valence-corrected chi connectivity index (χ1v) is 6.73. The number of fused-ring (bicyclic) bond motifs is 2. The maximum absolute atomic E-state index is 5.41. The first kappa shape index (κ1) is 11.9. The van der Waals surface area contributed by atoms with Crippen LogP contribution < -0.4 is 4.74 Å². The summed E-state index contributed by atoms with van der Waals surface area (Å²) in [4.78, 5) is 4.45. The summed E-state index contributed by atoms with van der Waals surface area (Å²) in [5, 5.41) is 5.46. The molecule has 4 heteroatoms. The van der Waals surface area contributed by atoms with E-state index in [1.54, 1.807) is 13.3 Å². The van der Waals surface area contributed by atoms with Gasteiger partial charge in [0.15, 0.2) is 0 Å². The van der Waals surface area contributed by atoms with Gasteiger partial charge in [0.05, 0.1) is 24.5 Å². The molecule has 0 aliphatic carbocycles. The summed E-state index contributed by atoms with van der Waals surface area (Å²) in [5.41, 5.74) is 4.06. The van der Waals surface area contributed by atoms with Crippen molar-refractivity contribution in [1.82, 2.24) is 14.6 Å². The first-order chi connectivity index (χ1) is 10.4. The number of rotatable bonds is 2. The molecule has 1 aromatic carbocycles. The molecule has 0 radical (unpaired) electrons. The summed E-state index contributed by atoms with van der Waals surface area (Å²) in [6, 6.07) is 16.1. The molecule has 0 amide bonds. The maximum Gasteiger partial charge on any atom is 0.145 e. The lowest BCUT2D eigenvalue weighted by atomic mass is 10.0. The lowest BCUT2D eigenvalue weighted by molar-refractivity contribution is 0.419. The van der Waals surface area contributed by atoms with Crippen LogP contribution in [0.4, 0.5) is 0 Å². The molecule has 0 N–H and O–H groups in total. The maximum atomic E-state index is 5.41. The lowest BCUT2D eigenvalue weighted by Gasteiger charge is -2.11. The van der Waals surface area contributed by atoms with Crippen LogP contribution in [0.3, 0.4) is 0 Å². The van der Waals surface area contributed by atoms with Crippen molar-refractivity contribution in [3.63, 3.8) is 0 Å². The van der Waals surface area contributed by atoms with Crippen LogP contribution in [0, 0.1) is 0 Å². The Morgan fingerprint density at radius 3 is 2.81 bits per heavy atom. The fourth-order valence-electron chi connectivity index (χ4n) is 2.69. The van der Waals surface area contributed by atoms with Gasteiger partial charge in [0.2, 0.25) is 0 Å². The van der Waals surface area contributed by atoms with E-state index in [4.69, 9.17) is 4.74 Å². The molecule has 4 rings (SSSR count). The summed E-state index contributed by atoms with van der Waals surface area (Å²) in [5.74, 6) is 0.780. The second-order valence-corrected chi connectivity index (χ2v) is 4.79. The van der Waals surface area contributed by atoms with Crippen molar-refractivity contribution in [2.24, 2.45) is 0 Å². The Kier molecular flexibility index (Phi) is 2.60. The number of hydrogen-bond donors (Lipinski definition) is 0. The lowest BCUT2D eigenvalue weighted by Crippen LogP contribution is -1.95. The van der Waals surface area contributed by atoms with Crippen LogP contribution in [-0.2, 0) is 0 Å². The van der Waals surface area contributed by atoms with Gasteiger partial charge in [-0.2, -0.15) is 5.10 Å². The zero-order chi connectivity index (χ0) is 14.2. The summed E-state index contributed by atoms with van der Waals surface area (Å²) in [6.07, 6.45) is 3.59. The molecule has 0 spiro atoms. The second kappa shape index (κ2) is 4.59. The van der Waals surface area contributed by atoms with Crippen molar-refractivity contribution < 1.29 is 4.74 Å². The highest BCUT2D eigenvalue weighted by atomic mass is 16.5. The van der Waals surface area contributed by atoms with Crippen LogP contribution >= 0.6 is 0 Å². The summed E-state index contributed by atoms with van der Waals surface area (Å²) in [6.45, 7) is 0. The molecule has 3 heterocycles. The van der Waals surface area contributed by atoms with Crippen molar-refractivity contribution in [1.29, 1.82) is 0 Å². The average molecular weight is 275 g/mol. The normalized spacial score (nSPS) is 11.1. The Bertz CT molecular complexity index is 943. The minimum absolute atomic E-state index is 0.780. The number of benzene rings is 1.